The van der Waals surface area contributed by atoms with E-state index in [0.29, 0.717) is 82.8 Å². The maximum atomic E-state index is 12.2. The van der Waals surface area contributed by atoms with Gasteiger partial charge in [-0.05, 0) is 57.3 Å². The molecule has 43 heavy (non-hydrogen) atoms. The summed E-state index contributed by atoms with van der Waals surface area (Å²) in [6.45, 7) is 11.2. The fourth-order valence-corrected chi connectivity index (χ4v) is 5.54. The molecule has 3 aliphatic heterocycles. The van der Waals surface area contributed by atoms with Crippen LogP contribution in [0.15, 0.2) is 40.3 Å². The molecule has 0 radical (unpaired) electrons. The normalized spacial score (nSPS) is 18.3. The van der Waals surface area contributed by atoms with E-state index in [0.717, 1.165) is 39.3 Å². The summed E-state index contributed by atoms with van der Waals surface area (Å²) in [6, 6.07) is 8.21. The van der Waals surface area contributed by atoms with Crippen molar-refractivity contribution in [2.24, 2.45) is 21.3 Å². The van der Waals surface area contributed by atoms with E-state index in [1.165, 1.54) is 12.8 Å². The smallest absolute Gasteiger partial charge is 0.319 e. The van der Waals surface area contributed by atoms with E-state index >= 15 is 0 Å². The van der Waals surface area contributed by atoms with Crippen molar-refractivity contribution in [3.8, 4) is 17.2 Å². The lowest BCUT2D eigenvalue weighted by Crippen LogP contribution is -2.51. The zero-order chi connectivity index (χ0) is 30.2. The van der Waals surface area contributed by atoms with Crippen molar-refractivity contribution in [3.63, 3.8) is 0 Å². The van der Waals surface area contributed by atoms with Gasteiger partial charge in [-0.15, -0.1) is 0 Å². The van der Waals surface area contributed by atoms with Crippen molar-refractivity contribution in [2.75, 3.05) is 78.7 Å². The molecule has 1 spiro atoms. The van der Waals surface area contributed by atoms with E-state index in [1.54, 1.807) is 44.5 Å². The number of aliphatic imine (C=N–C) groups is 2. The molecule has 0 saturated carbocycles. The Hall–Kier alpha value is -3.38. The second-order valence-electron chi connectivity index (χ2n) is 11.2. The number of likely N-dealkylation sites (tertiary alicyclic amines) is 1. The first-order chi connectivity index (χ1) is 20.9. The molecule has 0 aliphatic carbocycles. The molecule has 3 heterocycles. The second kappa shape index (κ2) is 14.4. The Morgan fingerprint density at radius 3 is 2.56 bits per heavy atom. The molecule has 2 amide bonds. The molecule has 0 atom stereocenters. The first-order valence-corrected chi connectivity index (χ1v) is 15.0. The van der Waals surface area contributed by atoms with Crippen molar-refractivity contribution in [1.29, 1.82) is 0 Å². The number of carbonyl (C=O) groups excluding carboxylic acids is 1. The largest absolute Gasteiger partial charge is 0.493 e. The number of urea groups is 1. The van der Waals surface area contributed by atoms with Gasteiger partial charge in [-0.2, -0.15) is 0 Å². The SMILES string of the molecule is C=Nc1cc(OCCCN2CCC3(CC2)COC3)c(OC)cc1/C(=N\C)Oc1ccc(NC(=O)NCC2COC2)c(Cl)c1. The number of carbonyl (C=O) groups is 1. The third kappa shape index (κ3) is 7.77. The van der Waals surface area contributed by atoms with E-state index in [-0.39, 0.29) is 6.03 Å². The molecule has 0 aromatic heterocycles. The van der Waals surface area contributed by atoms with Crippen molar-refractivity contribution in [2.45, 2.75) is 19.3 Å². The average Bonchev–Trinajstić information content (AvgIpc) is 2.97. The van der Waals surface area contributed by atoms with Gasteiger partial charge in [0.1, 0.15) is 5.75 Å². The molecule has 0 bridgehead atoms. The van der Waals surface area contributed by atoms with Crippen molar-refractivity contribution in [3.05, 3.63) is 40.9 Å². The average molecular weight is 614 g/mol. The fourth-order valence-electron chi connectivity index (χ4n) is 5.32. The lowest BCUT2D eigenvalue weighted by Gasteiger charge is -2.47. The molecular weight excluding hydrogens is 574 g/mol. The molecule has 3 aliphatic rings. The molecule has 2 aromatic carbocycles. The minimum absolute atomic E-state index is 0.296. The highest BCUT2D eigenvalue weighted by Gasteiger charge is 2.40. The molecule has 232 valence electrons. The summed E-state index contributed by atoms with van der Waals surface area (Å²) >= 11 is 6.45. The number of amides is 2. The van der Waals surface area contributed by atoms with Crippen molar-refractivity contribution in [1.82, 2.24) is 10.2 Å². The van der Waals surface area contributed by atoms with Crippen LogP contribution in [0.3, 0.4) is 0 Å². The molecule has 11 nitrogen and oxygen atoms in total. The highest BCUT2D eigenvalue weighted by molar-refractivity contribution is 6.33. The highest BCUT2D eigenvalue weighted by atomic mass is 35.5. The Morgan fingerprint density at radius 1 is 1.16 bits per heavy atom. The van der Waals surface area contributed by atoms with E-state index in [2.05, 4.69) is 32.2 Å². The topological polar surface area (TPSA) is 115 Å². The molecule has 2 aromatic rings. The Morgan fingerprint density at radius 2 is 1.95 bits per heavy atom. The number of halogens is 1. The number of nitrogens with one attached hydrogen (secondary N) is 2. The van der Waals surface area contributed by atoms with Gasteiger partial charge in [0.25, 0.3) is 0 Å². The standard InChI is InChI=1S/C31H40ClN5O6/c1-33-26-15-28(42-12-4-9-37-10-7-31(8-11-37)19-41-20-31)27(39-3)14-23(26)29(34-2)43-22-5-6-25(24(32)13-22)36-30(38)35-16-21-17-40-18-21/h5-6,13-15,21H,1,4,7-12,16-20H2,2-3H3,(H2,35,36,38)/b34-29+. The van der Waals surface area contributed by atoms with Gasteiger partial charge in [0.05, 0.1) is 62.1 Å². The van der Waals surface area contributed by atoms with Gasteiger partial charge in [-0.1, -0.05) is 11.6 Å². The van der Waals surface area contributed by atoms with Gasteiger partial charge in [-0.3, -0.25) is 9.98 Å². The van der Waals surface area contributed by atoms with Crippen LogP contribution in [-0.4, -0.2) is 96.9 Å². The predicted molar refractivity (Wildman–Crippen MR) is 167 cm³/mol. The van der Waals surface area contributed by atoms with E-state index in [1.807, 2.05) is 0 Å². The van der Waals surface area contributed by atoms with Crippen LogP contribution < -0.4 is 24.8 Å². The summed E-state index contributed by atoms with van der Waals surface area (Å²) in [6.07, 6.45) is 3.32. The van der Waals surface area contributed by atoms with E-state index in [9.17, 15) is 4.79 Å². The predicted octanol–water partition coefficient (Wildman–Crippen LogP) is 4.79. The van der Waals surface area contributed by atoms with Crippen molar-refractivity contribution >= 4 is 41.6 Å². The number of methoxy groups -OCH3 is 1. The minimum atomic E-state index is -0.335. The molecule has 12 heteroatoms. The lowest BCUT2D eigenvalue weighted by atomic mass is 9.77. The maximum absolute atomic E-state index is 12.2. The zero-order valence-electron chi connectivity index (χ0n) is 24.8. The molecule has 3 saturated heterocycles. The maximum Gasteiger partial charge on any atom is 0.319 e. The number of piperidine rings is 1. The first kappa shape index (κ1) is 31.1. The quantitative estimate of drug-likeness (QED) is 0.201. The molecule has 0 unspecified atom stereocenters. The van der Waals surface area contributed by atoms with Crippen LogP contribution in [0.5, 0.6) is 17.2 Å². The Bertz CT molecular complexity index is 1320. The number of rotatable bonds is 12. The summed E-state index contributed by atoms with van der Waals surface area (Å²) in [5.41, 5.74) is 2.02. The lowest BCUT2D eigenvalue weighted by molar-refractivity contribution is -0.139. The summed E-state index contributed by atoms with van der Waals surface area (Å²) in [4.78, 5) is 23.3. The number of benzene rings is 2. The molecule has 5 rings (SSSR count). The Labute approximate surface area is 257 Å². The van der Waals surface area contributed by atoms with Gasteiger partial charge in [-0.25, -0.2) is 4.79 Å². The van der Waals surface area contributed by atoms with Gasteiger partial charge >= 0.3 is 6.03 Å². The number of anilines is 1. The van der Waals surface area contributed by atoms with Gasteiger partial charge in [0, 0.05) is 43.6 Å². The van der Waals surface area contributed by atoms with Gasteiger partial charge < -0.3 is 39.2 Å². The van der Waals surface area contributed by atoms with Crippen LogP contribution in [-0.2, 0) is 9.47 Å². The Balaban J connectivity index is 1.17. The molecule has 2 N–H and O–H groups in total. The molecular formula is C31H40ClN5O6. The monoisotopic (exact) mass is 613 g/mol. The second-order valence-corrected chi connectivity index (χ2v) is 11.6. The van der Waals surface area contributed by atoms with Crippen LogP contribution >= 0.6 is 11.6 Å². The van der Waals surface area contributed by atoms with E-state index < -0.39 is 0 Å². The number of hydrogen-bond acceptors (Lipinski definition) is 9. The minimum Gasteiger partial charge on any atom is -0.493 e. The number of hydrogen-bond donors (Lipinski definition) is 2. The van der Waals surface area contributed by atoms with Crippen LogP contribution in [0.25, 0.3) is 0 Å². The first-order valence-electron chi connectivity index (χ1n) is 14.6. The van der Waals surface area contributed by atoms with E-state index in [4.69, 9.17) is 35.3 Å². The summed E-state index contributed by atoms with van der Waals surface area (Å²) in [5.74, 6) is 2.19. The third-order valence-electron chi connectivity index (χ3n) is 8.16. The van der Waals surface area contributed by atoms with Crippen molar-refractivity contribution < 1.29 is 28.5 Å². The third-order valence-corrected chi connectivity index (χ3v) is 8.47. The van der Waals surface area contributed by atoms with Crippen LogP contribution in [0.4, 0.5) is 16.2 Å². The van der Waals surface area contributed by atoms with Crippen LogP contribution in [0, 0.1) is 11.3 Å². The van der Waals surface area contributed by atoms with Crippen LogP contribution in [0.1, 0.15) is 24.8 Å². The highest BCUT2D eigenvalue weighted by Crippen LogP contribution is 2.39. The molecule has 3 fully saturated rings. The van der Waals surface area contributed by atoms with Gasteiger partial charge in [0.2, 0.25) is 5.90 Å². The van der Waals surface area contributed by atoms with Gasteiger partial charge in [0.15, 0.2) is 11.5 Å². The number of ether oxygens (including phenoxy) is 5. The Kier molecular flexibility index (Phi) is 10.4. The number of nitrogens with zero attached hydrogens (tertiary/aromatic N) is 3. The zero-order valence-corrected chi connectivity index (χ0v) is 25.6. The summed E-state index contributed by atoms with van der Waals surface area (Å²) in [5, 5.41) is 5.90. The summed E-state index contributed by atoms with van der Waals surface area (Å²) < 4.78 is 28.4. The summed E-state index contributed by atoms with van der Waals surface area (Å²) in [7, 11) is 3.21. The van der Waals surface area contributed by atoms with Crippen LogP contribution in [0.2, 0.25) is 5.02 Å². The fraction of sp³-hybridized carbons (Fsp3) is 0.516.